The van der Waals surface area contributed by atoms with Crippen LogP contribution in [0.25, 0.3) is 0 Å². The SMILES string of the molecule is CCOC(=O)C(C#N)Cc1cc(F)ccc1Br. The van der Waals surface area contributed by atoms with Crippen LogP contribution >= 0.6 is 15.9 Å². The van der Waals surface area contributed by atoms with Crippen LogP contribution in [0, 0.1) is 23.1 Å². The van der Waals surface area contributed by atoms with Gasteiger partial charge in [0, 0.05) is 10.9 Å². The minimum absolute atomic E-state index is 0.133. The van der Waals surface area contributed by atoms with Gasteiger partial charge >= 0.3 is 5.97 Å². The van der Waals surface area contributed by atoms with E-state index in [1.807, 2.05) is 6.07 Å². The summed E-state index contributed by atoms with van der Waals surface area (Å²) in [6.45, 7) is 1.89. The molecule has 0 aromatic heterocycles. The summed E-state index contributed by atoms with van der Waals surface area (Å²) in [6, 6.07) is 6.01. The monoisotopic (exact) mass is 299 g/mol. The molecule has 0 spiro atoms. The molecule has 0 radical (unpaired) electrons. The molecule has 1 unspecified atom stereocenters. The molecule has 0 bridgehead atoms. The van der Waals surface area contributed by atoms with E-state index in [2.05, 4.69) is 15.9 Å². The fourth-order valence-electron chi connectivity index (χ4n) is 1.34. The highest BCUT2D eigenvalue weighted by Gasteiger charge is 2.20. The molecule has 0 N–H and O–H groups in total. The second-order valence-electron chi connectivity index (χ2n) is 3.37. The van der Waals surface area contributed by atoms with Crippen molar-refractivity contribution in [3.63, 3.8) is 0 Å². The van der Waals surface area contributed by atoms with Crippen molar-refractivity contribution < 1.29 is 13.9 Å². The van der Waals surface area contributed by atoms with Crippen LogP contribution in [0.3, 0.4) is 0 Å². The van der Waals surface area contributed by atoms with Crippen LogP contribution in [0.5, 0.6) is 0 Å². The van der Waals surface area contributed by atoms with E-state index in [1.165, 1.54) is 12.1 Å². The maximum absolute atomic E-state index is 13.0. The normalized spacial score (nSPS) is 11.6. The Labute approximate surface area is 107 Å². The lowest BCUT2D eigenvalue weighted by Gasteiger charge is -2.09. The summed E-state index contributed by atoms with van der Waals surface area (Å²) in [5, 5.41) is 8.88. The fraction of sp³-hybridized carbons (Fsp3) is 0.333. The van der Waals surface area contributed by atoms with E-state index in [9.17, 15) is 9.18 Å². The Bertz CT molecular complexity index is 456. The minimum atomic E-state index is -0.909. The molecule has 0 saturated heterocycles. The Morgan fingerprint density at radius 3 is 2.94 bits per heavy atom. The number of benzene rings is 1. The van der Waals surface area contributed by atoms with Gasteiger partial charge in [-0.2, -0.15) is 5.26 Å². The van der Waals surface area contributed by atoms with E-state index in [0.717, 1.165) is 0 Å². The first-order valence-corrected chi connectivity index (χ1v) is 5.88. The summed E-state index contributed by atoms with van der Waals surface area (Å²) in [7, 11) is 0. The van der Waals surface area contributed by atoms with Crippen LogP contribution < -0.4 is 0 Å². The van der Waals surface area contributed by atoms with Crippen LogP contribution in [0.4, 0.5) is 4.39 Å². The zero-order chi connectivity index (χ0) is 12.8. The summed E-state index contributed by atoms with van der Waals surface area (Å²) in [5.74, 6) is -1.89. The van der Waals surface area contributed by atoms with Crippen molar-refractivity contribution in [2.45, 2.75) is 13.3 Å². The number of ether oxygens (including phenoxy) is 1. The Morgan fingerprint density at radius 1 is 1.65 bits per heavy atom. The Balaban J connectivity index is 2.85. The van der Waals surface area contributed by atoms with Gasteiger partial charge in [-0.1, -0.05) is 15.9 Å². The first-order valence-electron chi connectivity index (χ1n) is 5.08. The standard InChI is InChI=1S/C12H11BrFNO2/c1-2-17-12(16)9(7-15)5-8-6-10(14)3-4-11(8)13/h3-4,6,9H,2,5H2,1H3. The van der Waals surface area contributed by atoms with Gasteiger partial charge in [0.05, 0.1) is 12.7 Å². The zero-order valence-electron chi connectivity index (χ0n) is 9.24. The highest BCUT2D eigenvalue weighted by atomic mass is 79.9. The van der Waals surface area contributed by atoms with Gasteiger partial charge in [-0.15, -0.1) is 0 Å². The van der Waals surface area contributed by atoms with E-state index < -0.39 is 17.7 Å². The molecule has 0 saturated carbocycles. The molecule has 0 aliphatic rings. The molecule has 17 heavy (non-hydrogen) atoms. The Morgan fingerprint density at radius 2 is 2.35 bits per heavy atom. The molecular formula is C12H11BrFNO2. The predicted molar refractivity (Wildman–Crippen MR) is 63.5 cm³/mol. The molecule has 0 fully saturated rings. The fourth-order valence-corrected chi connectivity index (χ4v) is 1.75. The molecule has 0 heterocycles. The largest absolute Gasteiger partial charge is 0.465 e. The summed E-state index contributed by atoms with van der Waals surface area (Å²) >= 11 is 3.25. The van der Waals surface area contributed by atoms with Crippen LogP contribution in [0.15, 0.2) is 22.7 Å². The molecule has 5 heteroatoms. The van der Waals surface area contributed by atoms with Crippen LogP contribution in [0.1, 0.15) is 12.5 Å². The molecule has 3 nitrogen and oxygen atoms in total. The molecule has 90 valence electrons. The second-order valence-corrected chi connectivity index (χ2v) is 4.23. The molecule has 1 atom stereocenters. The van der Waals surface area contributed by atoms with Gasteiger partial charge in [-0.25, -0.2) is 4.39 Å². The summed E-state index contributed by atoms with van der Waals surface area (Å²) in [5.41, 5.74) is 0.574. The number of nitrogens with zero attached hydrogens (tertiary/aromatic N) is 1. The maximum atomic E-state index is 13.0. The van der Waals surface area contributed by atoms with Gasteiger partial charge in [0.1, 0.15) is 11.7 Å². The first kappa shape index (κ1) is 13.7. The number of esters is 1. The van der Waals surface area contributed by atoms with E-state index in [4.69, 9.17) is 10.00 Å². The number of hydrogen-bond donors (Lipinski definition) is 0. The number of halogens is 2. The highest BCUT2D eigenvalue weighted by molar-refractivity contribution is 9.10. The topological polar surface area (TPSA) is 50.1 Å². The van der Waals surface area contributed by atoms with Crippen molar-refractivity contribution in [2.24, 2.45) is 5.92 Å². The summed E-state index contributed by atoms with van der Waals surface area (Å²) in [6.07, 6.45) is 0.133. The lowest BCUT2D eigenvalue weighted by atomic mass is 10.0. The lowest BCUT2D eigenvalue weighted by Crippen LogP contribution is -2.18. The number of carbonyl (C=O) groups excluding carboxylic acids is 1. The van der Waals surface area contributed by atoms with Crippen molar-refractivity contribution in [2.75, 3.05) is 6.61 Å². The van der Waals surface area contributed by atoms with Gasteiger partial charge < -0.3 is 4.74 Å². The third kappa shape index (κ3) is 3.82. The molecule has 0 aliphatic heterocycles. The van der Waals surface area contributed by atoms with Crippen LogP contribution in [-0.4, -0.2) is 12.6 Å². The smallest absolute Gasteiger partial charge is 0.323 e. The molecular weight excluding hydrogens is 289 g/mol. The molecule has 0 amide bonds. The first-order chi connectivity index (χ1) is 8.08. The van der Waals surface area contributed by atoms with E-state index >= 15 is 0 Å². The van der Waals surface area contributed by atoms with E-state index in [-0.39, 0.29) is 13.0 Å². The lowest BCUT2D eigenvalue weighted by molar-refractivity contribution is -0.145. The zero-order valence-corrected chi connectivity index (χ0v) is 10.8. The van der Waals surface area contributed by atoms with Crippen molar-refractivity contribution in [1.82, 2.24) is 0 Å². The Hall–Kier alpha value is -1.41. The number of carbonyl (C=O) groups is 1. The van der Waals surface area contributed by atoms with Crippen molar-refractivity contribution in [1.29, 1.82) is 5.26 Å². The second kappa shape index (κ2) is 6.36. The third-order valence-corrected chi connectivity index (χ3v) is 2.93. The quantitative estimate of drug-likeness (QED) is 0.803. The minimum Gasteiger partial charge on any atom is -0.465 e. The number of nitriles is 1. The molecule has 1 rings (SSSR count). The summed E-state index contributed by atoms with van der Waals surface area (Å²) in [4.78, 5) is 11.4. The average molecular weight is 300 g/mol. The number of rotatable bonds is 4. The van der Waals surface area contributed by atoms with Crippen molar-refractivity contribution >= 4 is 21.9 Å². The van der Waals surface area contributed by atoms with E-state index in [1.54, 1.807) is 13.0 Å². The van der Waals surface area contributed by atoms with Gasteiger partial charge in [0.2, 0.25) is 0 Å². The van der Waals surface area contributed by atoms with Gasteiger partial charge in [0.15, 0.2) is 0 Å². The Kier molecular flexibility index (Phi) is 5.11. The van der Waals surface area contributed by atoms with E-state index in [0.29, 0.717) is 10.0 Å². The van der Waals surface area contributed by atoms with Gasteiger partial charge in [-0.3, -0.25) is 4.79 Å². The van der Waals surface area contributed by atoms with Crippen molar-refractivity contribution in [3.05, 3.63) is 34.1 Å². The number of hydrogen-bond acceptors (Lipinski definition) is 3. The van der Waals surface area contributed by atoms with Gasteiger partial charge in [0.25, 0.3) is 0 Å². The van der Waals surface area contributed by atoms with Crippen LogP contribution in [-0.2, 0) is 16.0 Å². The molecule has 0 aliphatic carbocycles. The maximum Gasteiger partial charge on any atom is 0.323 e. The molecule has 1 aromatic carbocycles. The molecule has 1 aromatic rings. The third-order valence-electron chi connectivity index (χ3n) is 2.16. The highest BCUT2D eigenvalue weighted by Crippen LogP contribution is 2.21. The van der Waals surface area contributed by atoms with Crippen molar-refractivity contribution in [3.8, 4) is 6.07 Å². The summed E-state index contributed by atoms with van der Waals surface area (Å²) < 4.78 is 18.5. The van der Waals surface area contributed by atoms with Crippen LogP contribution in [0.2, 0.25) is 0 Å². The average Bonchev–Trinajstić information content (AvgIpc) is 2.30. The van der Waals surface area contributed by atoms with Gasteiger partial charge in [-0.05, 0) is 30.7 Å². The predicted octanol–water partition coefficient (Wildman–Crippen LogP) is 2.83.